The summed E-state index contributed by atoms with van der Waals surface area (Å²) < 4.78 is 17.9. The molecule has 0 aliphatic heterocycles. The molecule has 3 N–H and O–H groups in total. The molecule has 1 amide bonds. The van der Waals surface area contributed by atoms with Gasteiger partial charge in [0.2, 0.25) is 0 Å². The molecular formula is C11H16ClFN2O2. The van der Waals surface area contributed by atoms with Crippen LogP contribution >= 0.6 is 12.4 Å². The van der Waals surface area contributed by atoms with Crippen LogP contribution in [0, 0.1) is 5.82 Å². The van der Waals surface area contributed by atoms with Crippen LogP contribution in [0.25, 0.3) is 0 Å². The van der Waals surface area contributed by atoms with Gasteiger partial charge in [0.1, 0.15) is 0 Å². The van der Waals surface area contributed by atoms with Crippen molar-refractivity contribution in [3.8, 4) is 5.75 Å². The summed E-state index contributed by atoms with van der Waals surface area (Å²) in [7, 11) is 1.35. The van der Waals surface area contributed by atoms with Crippen LogP contribution in [-0.4, -0.2) is 25.6 Å². The Morgan fingerprint density at radius 1 is 1.59 bits per heavy atom. The second-order valence-corrected chi connectivity index (χ2v) is 3.46. The lowest BCUT2D eigenvalue weighted by molar-refractivity contribution is 0.0941. The number of nitrogens with two attached hydrogens (primary N) is 1. The Bertz CT molecular complexity index is 388. The highest BCUT2D eigenvalue weighted by atomic mass is 35.5. The molecule has 0 aliphatic carbocycles. The molecule has 0 spiro atoms. The van der Waals surface area contributed by atoms with Gasteiger partial charge in [-0.25, -0.2) is 4.39 Å². The summed E-state index contributed by atoms with van der Waals surface area (Å²) in [5.41, 5.74) is 5.73. The molecule has 0 radical (unpaired) electrons. The number of nitrogens with one attached hydrogen (secondary N) is 1. The van der Waals surface area contributed by atoms with Crippen LogP contribution in [-0.2, 0) is 0 Å². The van der Waals surface area contributed by atoms with E-state index in [1.54, 1.807) is 6.92 Å². The molecule has 0 fully saturated rings. The Hall–Kier alpha value is -1.33. The van der Waals surface area contributed by atoms with E-state index in [1.165, 1.54) is 25.3 Å². The predicted molar refractivity (Wildman–Crippen MR) is 66.2 cm³/mol. The van der Waals surface area contributed by atoms with Gasteiger partial charge in [-0.05, 0) is 25.1 Å². The number of ether oxygens (including phenoxy) is 1. The van der Waals surface area contributed by atoms with Crippen molar-refractivity contribution in [2.24, 2.45) is 5.73 Å². The molecule has 17 heavy (non-hydrogen) atoms. The van der Waals surface area contributed by atoms with Crippen LogP contribution in [0.4, 0.5) is 4.39 Å². The number of hydrogen-bond donors (Lipinski definition) is 2. The number of amides is 1. The van der Waals surface area contributed by atoms with Gasteiger partial charge in [-0.3, -0.25) is 4.79 Å². The molecule has 4 nitrogen and oxygen atoms in total. The van der Waals surface area contributed by atoms with E-state index in [4.69, 9.17) is 10.5 Å². The van der Waals surface area contributed by atoms with E-state index in [0.717, 1.165) is 0 Å². The van der Waals surface area contributed by atoms with Gasteiger partial charge in [-0.1, -0.05) is 0 Å². The molecule has 6 heteroatoms. The van der Waals surface area contributed by atoms with Crippen LogP contribution in [0.2, 0.25) is 0 Å². The van der Waals surface area contributed by atoms with Crippen molar-refractivity contribution in [2.45, 2.75) is 13.0 Å². The first-order valence-corrected chi connectivity index (χ1v) is 4.93. The molecule has 1 atom stereocenters. The first kappa shape index (κ1) is 15.7. The summed E-state index contributed by atoms with van der Waals surface area (Å²) in [6.07, 6.45) is 0. The van der Waals surface area contributed by atoms with Gasteiger partial charge in [0.25, 0.3) is 5.91 Å². The van der Waals surface area contributed by atoms with Crippen molar-refractivity contribution in [1.29, 1.82) is 0 Å². The number of rotatable bonds is 4. The van der Waals surface area contributed by atoms with Gasteiger partial charge in [0, 0.05) is 18.2 Å². The second-order valence-electron chi connectivity index (χ2n) is 3.46. The lowest BCUT2D eigenvalue weighted by Gasteiger charge is -2.11. The van der Waals surface area contributed by atoms with Crippen molar-refractivity contribution in [3.63, 3.8) is 0 Å². The lowest BCUT2D eigenvalue weighted by atomic mass is 10.2. The minimum atomic E-state index is -0.495. The fourth-order valence-electron chi connectivity index (χ4n) is 1.17. The Balaban J connectivity index is 0.00000256. The fraction of sp³-hybridized carbons (Fsp3) is 0.364. The van der Waals surface area contributed by atoms with Crippen molar-refractivity contribution in [3.05, 3.63) is 29.6 Å². The standard InChI is InChI=1S/C11H15FN2O2.ClH/c1-7(6-13)14-11(15)8-3-4-9(12)10(5-8)16-2;/h3-5,7H,6,13H2,1-2H3,(H,14,15);1H/t7-;/m1./s1. The number of hydrogen-bond acceptors (Lipinski definition) is 3. The molecule has 1 aromatic carbocycles. The van der Waals surface area contributed by atoms with E-state index in [9.17, 15) is 9.18 Å². The molecule has 0 bridgehead atoms. The minimum absolute atomic E-state index is 0. The monoisotopic (exact) mass is 262 g/mol. The smallest absolute Gasteiger partial charge is 0.251 e. The number of halogens is 2. The summed E-state index contributed by atoms with van der Waals surface area (Å²) >= 11 is 0. The molecule has 96 valence electrons. The Labute approximate surface area is 106 Å². The van der Waals surface area contributed by atoms with Gasteiger partial charge >= 0.3 is 0 Å². The molecule has 0 unspecified atom stereocenters. The van der Waals surface area contributed by atoms with Crippen LogP contribution in [0.3, 0.4) is 0 Å². The molecular weight excluding hydrogens is 247 g/mol. The number of carbonyl (C=O) groups excluding carboxylic acids is 1. The SMILES string of the molecule is COc1cc(C(=O)N[C@H](C)CN)ccc1F.Cl. The fourth-order valence-corrected chi connectivity index (χ4v) is 1.17. The van der Waals surface area contributed by atoms with Crippen molar-refractivity contribution < 1.29 is 13.9 Å². The third-order valence-electron chi connectivity index (χ3n) is 2.14. The molecule has 0 saturated heterocycles. The molecule has 1 aromatic rings. The Morgan fingerprint density at radius 2 is 2.24 bits per heavy atom. The molecule has 0 aromatic heterocycles. The van der Waals surface area contributed by atoms with Gasteiger partial charge in [-0.2, -0.15) is 0 Å². The van der Waals surface area contributed by atoms with E-state index < -0.39 is 5.82 Å². The van der Waals surface area contributed by atoms with E-state index in [2.05, 4.69) is 5.32 Å². The highest BCUT2D eigenvalue weighted by molar-refractivity contribution is 5.94. The Morgan fingerprint density at radius 3 is 2.76 bits per heavy atom. The van der Waals surface area contributed by atoms with Crippen LogP contribution < -0.4 is 15.8 Å². The summed E-state index contributed by atoms with van der Waals surface area (Å²) in [6, 6.07) is 3.83. The van der Waals surface area contributed by atoms with Crippen LogP contribution in [0.1, 0.15) is 17.3 Å². The van der Waals surface area contributed by atoms with E-state index in [1.807, 2.05) is 0 Å². The van der Waals surface area contributed by atoms with E-state index in [0.29, 0.717) is 12.1 Å². The zero-order chi connectivity index (χ0) is 12.1. The zero-order valence-corrected chi connectivity index (χ0v) is 10.5. The third kappa shape index (κ3) is 4.20. The topological polar surface area (TPSA) is 64.3 Å². The van der Waals surface area contributed by atoms with E-state index in [-0.39, 0.29) is 30.1 Å². The van der Waals surface area contributed by atoms with Gasteiger partial charge in [0.15, 0.2) is 11.6 Å². The maximum atomic E-state index is 13.1. The second kappa shape index (κ2) is 7.09. The summed E-state index contributed by atoms with van der Waals surface area (Å²) in [5, 5.41) is 2.67. The number of benzene rings is 1. The van der Waals surface area contributed by atoms with Gasteiger partial charge in [0.05, 0.1) is 7.11 Å². The van der Waals surface area contributed by atoms with Gasteiger partial charge < -0.3 is 15.8 Å². The normalized spacial score (nSPS) is 11.3. The van der Waals surface area contributed by atoms with Gasteiger partial charge in [-0.15, -0.1) is 12.4 Å². The first-order chi connectivity index (χ1) is 7.58. The maximum Gasteiger partial charge on any atom is 0.251 e. The molecule has 0 saturated carbocycles. The van der Waals surface area contributed by atoms with Crippen molar-refractivity contribution in [2.75, 3.05) is 13.7 Å². The van der Waals surface area contributed by atoms with Crippen LogP contribution in [0.15, 0.2) is 18.2 Å². The average Bonchev–Trinajstić information content (AvgIpc) is 2.29. The van der Waals surface area contributed by atoms with Crippen LogP contribution in [0.5, 0.6) is 5.75 Å². The quantitative estimate of drug-likeness (QED) is 0.861. The summed E-state index contributed by atoms with van der Waals surface area (Å²) in [4.78, 5) is 11.6. The number of carbonyl (C=O) groups is 1. The van der Waals surface area contributed by atoms with Crippen molar-refractivity contribution >= 4 is 18.3 Å². The average molecular weight is 263 g/mol. The predicted octanol–water partition coefficient (Wildman–Crippen LogP) is 1.33. The number of methoxy groups -OCH3 is 1. The van der Waals surface area contributed by atoms with E-state index >= 15 is 0 Å². The largest absolute Gasteiger partial charge is 0.494 e. The minimum Gasteiger partial charge on any atom is -0.494 e. The van der Waals surface area contributed by atoms with Crippen molar-refractivity contribution in [1.82, 2.24) is 5.32 Å². The first-order valence-electron chi connectivity index (χ1n) is 4.93. The third-order valence-corrected chi connectivity index (χ3v) is 2.14. The lowest BCUT2D eigenvalue weighted by Crippen LogP contribution is -2.37. The molecule has 0 heterocycles. The summed E-state index contributed by atoms with van der Waals surface area (Å²) in [6.45, 7) is 2.14. The maximum absolute atomic E-state index is 13.1. The Kier molecular flexibility index (Phi) is 6.53. The molecule has 1 rings (SSSR count). The molecule has 0 aliphatic rings. The highest BCUT2D eigenvalue weighted by Crippen LogP contribution is 2.18. The zero-order valence-electron chi connectivity index (χ0n) is 9.70. The summed E-state index contributed by atoms with van der Waals surface area (Å²) in [5.74, 6) is -0.741. The highest BCUT2D eigenvalue weighted by Gasteiger charge is 2.11.